The Morgan fingerprint density at radius 3 is 1.46 bits per heavy atom. The maximum absolute atomic E-state index is 14.2. The van der Waals surface area contributed by atoms with Crippen LogP contribution in [0.2, 0.25) is 0 Å². The number of rotatable bonds is 30. The third kappa shape index (κ3) is 10.2. The minimum Gasteiger partial charge on any atom is -0.463 e. The van der Waals surface area contributed by atoms with E-state index in [1.165, 1.54) is 103 Å². The zero-order valence-electron chi connectivity index (χ0n) is 30.6. The van der Waals surface area contributed by atoms with E-state index in [2.05, 4.69) is 27.7 Å². The Hall–Kier alpha value is -1.14. The van der Waals surface area contributed by atoms with Gasteiger partial charge in [0.1, 0.15) is 0 Å². The van der Waals surface area contributed by atoms with E-state index in [4.69, 9.17) is 18.9 Å². The molecule has 2 saturated heterocycles. The van der Waals surface area contributed by atoms with Gasteiger partial charge in [-0.25, -0.2) is 9.59 Å². The van der Waals surface area contributed by atoms with E-state index in [1.54, 1.807) is 0 Å². The van der Waals surface area contributed by atoms with Crippen LogP contribution in [0.1, 0.15) is 201 Å². The number of hydrogen-bond donors (Lipinski definition) is 0. The molecule has 0 spiro atoms. The molecule has 0 bridgehead atoms. The van der Waals surface area contributed by atoms with Crippen molar-refractivity contribution in [1.82, 2.24) is 0 Å². The summed E-state index contributed by atoms with van der Waals surface area (Å²) in [6.07, 6.45) is 30.3. The Morgan fingerprint density at radius 1 is 0.543 bits per heavy atom. The standard InChI is InChI=1S/C40H72O6/c1-5-9-13-16-19-20-21-22-25-28-32-43-36(41)39-33-34-35(45-34)38(29-26-23-17-14-10-6-2,30-27-24-18-15-11-7-3)40(39,46-39)37(42)44-31-12-8-4/h34-35H,5-33H2,1-4H3. The van der Waals surface area contributed by atoms with Crippen LogP contribution >= 0.6 is 0 Å². The van der Waals surface area contributed by atoms with Crippen molar-refractivity contribution in [3.8, 4) is 0 Å². The monoisotopic (exact) mass is 649 g/mol. The average Bonchev–Trinajstić information content (AvgIpc) is 3.98. The largest absolute Gasteiger partial charge is 0.463 e. The summed E-state index contributed by atoms with van der Waals surface area (Å²) in [4.78, 5) is 28.2. The predicted molar refractivity (Wildman–Crippen MR) is 187 cm³/mol. The molecule has 0 amide bonds. The normalized spacial score (nSPS) is 25.5. The second kappa shape index (κ2) is 21.1. The topological polar surface area (TPSA) is 77.7 Å². The van der Waals surface area contributed by atoms with Crippen molar-refractivity contribution in [2.24, 2.45) is 5.41 Å². The van der Waals surface area contributed by atoms with Gasteiger partial charge in [0.05, 0.1) is 25.4 Å². The zero-order valence-corrected chi connectivity index (χ0v) is 30.6. The lowest BCUT2D eigenvalue weighted by Crippen LogP contribution is -2.59. The molecule has 2 heterocycles. The molecule has 0 radical (unpaired) electrons. The second-order valence-corrected chi connectivity index (χ2v) is 14.9. The van der Waals surface area contributed by atoms with Gasteiger partial charge in [-0.05, 0) is 25.7 Å². The van der Waals surface area contributed by atoms with Crippen molar-refractivity contribution in [3.63, 3.8) is 0 Å². The fourth-order valence-corrected chi connectivity index (χ4v) is 8.36. The molecule has 0 aromatic rings. The average molecular weight is 649 g/mol. The number of hydrogen-bond acceptors (Lipinski definition) is 6. The first-order valence-corrected chi connectivity index (χ1v) is 20.2. The molecule has 0 aromatic carbocycles. The maximum Gasteiger partial charge on any atom is 0.342 e. The molecular formula is C40H72O6. The van der Waals surface area contributed by atoms with Gasteiger partial charge in [0, 0.05) is 11.8 Å². The van der Waals surface area contributed by atoms with E-state index < -0.39 is 16.6 Å². The molecule has 3 fully saturated rings. The first kappa shape index (κ1) is 39.3. The third-order valence-electron chi connectivity index (χ3n) is 11.2. The van der Waals surface area contributed by atoms with E-state index in [-0.39, 0.29) is 24.1 Å². The number of unbranched alkanes of at least 4 members (excludes halogenated alkanes) is 20. The number of ether oxygens (including phenoxy) is 4. The Bertz CT molecular complexity index is 843. The summed E-state index contributed by atoms with van der Waals surface area (Å²) in [6, 6.07) is 0. The second-order valence-electron chi connectivity index (χ2n) is 14.9. The highest BCUT2D eigenvalue weighted by molar-refractivity contribution is 6.00. The molecule has 4 unspecified atom stereocenters. The number of carbonyl (C=O) groups excluding carboxylic acids is 2. The third-order valence-corrected chi connectivity index (χ3v) is 11.2. The van der Waals surface area contributed by atoms with Gasteiger partial charge in [-0.3, -0.25) is 0 Å². The number of carbonyl (C=O) groups is 2. The van der Waals surface area contributed by atoms with Crippen LogP contribution in [0.3, 0.4) is 0 Å². The highest BCUT2D eigenvalue weighted by atomic mass is 16.7. The molecule has 1 saturated carbocycles. The quantitative estimate of drug-likeness (QED) is 0.0438. The first-order valence-electron chi connectivity index (χ1n) is 20.2. The summed E-state index contributed by atoms with van der Waals surface area (Å²) >= 11 is 0. The molecule has 0 N–H and O–H groups in total. The van der Waals surface area contributed by atoms with Crippen molar-refractivity contribution in [2.45, 2.75) is 224 Å². The minimum atomic E-state index is -1.28. The van der Waals surface area contributed by atoms with Crippen LogP contribution in [-0.2, 0) is 28.5 Å². The van der Waals surface area contributed by atoms with Gasteiger partial charge in [-0.2, -0.15) is 0 Å². The Labute approximate surface area is 283 Å². The summed E-state index contributed by atoms with van der Waals surface area (Å²) in [6.45, 7) is 9.60. The summed E-state index contributed by atoms with van der Waals surface area (Å²) in [7, 11) is 0. The molecule has 3 aliphatic rings. The molecule has 2 aliphatic heterocycles. The lowest BCUT2D eigenvalue weighted by molar-refractivity contribution is -0.161. The highest BCUT2D eigenvalue weighted by Crippen LogP contribution is 2.74. The maximum atomic E-state index is 14.2. The summed E-state index contributed by atoms with van der Waals surface area (Å²) in [5.74, 6) is -0.706. The van der Waals surface area contributed by atoms with Gasteiger partial charge in [0.2, 0.25) is 11.2 Å². The fraction of sp³-hybridized carbons (Fsp3) is 0.950. The zero-order chi connectivity index (χ0) is 33.1. The van der Waals surface area contributed by atoms with Crippen LogP contribution in [0.25, 0.3) is 0 Å². The lowest BCUT2D eigenvalue weighted by atomic mass is 9.57. The van der Waals surface area contributed by atoms with Gasteiger partial charge < -0.3 is 18.9 Å². The smallest absolute Gasteiger partial charge is 0.342 e. The van der Waals surface area contributed by atoms with E-state index in [0.717, 1.165) is 64.2 Å². The molecule has 3 rings (SSSR count). The summed E-state index contributed by atoms with van der Waals surface area (Å²) < 4.78 is 25.0. The van der Waals surface area contributed by atoms with E-state index in [0.29, 0.717) is 19.6 Å². The highest BCUT2D eigenvalue weighted by Gasteiger charge is 2.94. The molecule has 46 heavy (non-hydrogen) atoms. The van der Waals surface area contributed by atoms with Crippen molar-refractivity contribution >= 4 is 11.9 Å². The number of esters is 2. The van der Waals surface area contributed by atoms with E-state index in [1.807, 2.05) is 0 Å². The lowest BCUT2D eigenvalue weighted by Gasteiger charge is -2.41. The van der Waals surface area contributed by atoms with E-state index in [9.17, 15) is 9.59 Å². The Kier molecular flexibility index (Phi) is 18.0. The van der Waals surface area contributed by atoms with Gasteiger partial charge >= 0.3 is 11.9 Å². The van der Waals surface area contributed by atoms with Crippen LogP contribution in [0.15, 0.2) is 0 Å². The van der Waals surface area contributed by atoms with Gasteiger partial charge in [-0.1, -0.05) is 169 Å². The predicted octanol–water partition coefficient (Wildman–Crippen LogP) is 11.0. The fourth-order valence-electron chi connectivity index (χ4n) is 8.36. The van der Waals surface area contributed by atoms with Crippen LogP contribution in [0.5, 0.6) is 0 Å². The molecule has 4 atom stereocenters. The van der Waals surface area contributed by atoms with Crippen molar-refractivity contribution < 1.29 is 28.5 Å². The molecule has 0 aromatic heterocycles. The molecule has 6 nitrogen and oxygen atoms in total. The molecule has 1 aliphatic carbocycles. The van der Waals surface area contributed by atoms with Crippen LogP contribution in [0, 0.1) is 5.41 Å². The van der Waals surface area contributed by atoms with Crippen LogP contribution < -0.4 is 0 Å². The summed E-state index contributed by atoms with van der Waals surface area (Å²) in [5.41, 5.74) is -3.09. The van der Waals surface area contributed by atoms with Gasteiger partial charge in [0.15, 0.2) is 0 Å². The van der Waals surface area contributed by atoms with Gasteiger partial charge in [-0.15, -0.1) is 0 Å². The molecule has 6 heteroatoms. The summed E-state index contributed by atoms with van der Waals surface area (Å²) in [5, 5.41) is 0. The molecule has 268 valence electrons. The van der Waals surface area contributed by atoms with Crippen molar-refractivity contribution in [2.75, 3.05) is 13.2 Å². The van der Waals surface area contributed by atoms with Crippen molar-refractivity contribution in [3.05, 3.63) is 0 Å². The minimum absolute atomic E-state index is 0.0378. The van der Waals surface area contributed by atoms with Crippen LogP contribution in [-0.4, -0.2) is 48.6 Å². The van der Waals surface area contributed by atoms with Crippen molar-refractivity contribution in [1.29, 1.82) is 0 Å². The number of epoxide rings is 2. The molecular weight excluding hydrogens is 576 g/mol. The Balaban J connectivity index is 1.67. The Morgan fingerprint density at radius 2 is 0.957 bits per heavy atom. The van der Waals surface area contributed by atoms with E-state index >= 15 is 0 Å². The SMILES string of the molecule is CCCCCCCCCCCCOC(=O)C12CC3OC3C(CCCCCCCC)(CCCCCCCC)C1(C(=O)OCCCC)O2. The number of fused-ring (bicyclic) bond motifs is 2. The first-order chi connectivity index (χ1) is 22.5. The van der Waals surface area contributed by atoms with Crippen LogP contribution in [0.4, 0.5) is 0 Å². The van der Waals surface area contributed by atoms with Gasteiger partial charge in [0.25, 0.3) is 0 Å².